The van der Waals surface area contributed by atoms with Gasteiger partial charge in [-0.05, 0) is 26.0 Å². The van der Waals surface area contributed by atoms with E-state index in [0.29, 0.717) is 5.69 Å². The number of hydrogen-bond donors (Lipinski definition) is 0. The number of ketones is 2. The van der Waals surface area contributed by atoms with Crippen molar-refractivity contribution in [3.05, 3.63) is 35.7 Å². The molecule has 0 atom stereocenters. The van der Waals surface area contributed by atoms with Gasteiger partial charge in [0, 0.05) is 0 Å². The first-order valence-corrected chi connectivity index (χ1v) is 8.03. The molecule has 1 aromatic rings. The van der Waals surface area contributed by atoms with Gasteiger partial charge in [-0.2, -0.15) is 26.3 Å². The van der Waals surface area contributed by atoms with Crippen molar-refractivity contribution >= 4 is 27.1 Å². The summed E-state index contributed by atoms with van der Waals surface area (Å²) in [5.41, 5.74) is 0.353. The smallest absolute Gasteiger partial charge is 0.280 e. The summed E-state index contributed by atoms with van der Waals surface area (Å²) in [5.74, 6) is -6.81. The Labute approximate surface area is 144 Å². The van der Waals surface area contributed by atoms with Crippen LogP contribution in [0.3, 0.4) is 0 Å². The highest BCUT2D eigenvalue weighted by molar-refractivity contribution is 7.92. The lowest BCUT2D eigenvalue weighted by molar-refractivity contribution is -0.193. The van der Waals surface area contributed by atoms with Gasteiger partial charge in [-0.15, -0.1) is 0 Å². The van der Waals surface area contributed by atoms with Gasteiger partial charge in [0.2, 0.25) is 0 Å². The summed E-state index contributed by atoms with van der Waals surface area (Å²) in [6.45, 7) is 10.0. The average molecular weight is 403 g/mol. The molecule has 0 aliphatic carbocycles. The molecule has 0 aromatic heterocycles. The van der Waals surface area contributed by atoms with Crippen LogP contribution in [0.5, 0.6) is 0 Å². The van der Waals surface area contributed by atoms with Crippen molar-refractivity contribution in [1.82, 2.24) is 0 Å². The predicted molar refractivity (Wildman–Crippen MR) is 77.1 cm³/mol. The molecule has 0 unspecified atom stereocenters. The van der Waals surface area contributed by atoms with Crippen molar-refractivity contribution in [1.29, 1.82) is 0 Å². The summed E-state index contributed by atoms with van der Waals surface area (Å²) >= 11 is 0. The fraction of sp³-hybridized carbons (Fsp3) is 0.357. The van der Waals surface area contributed by atoms with Crippen molar-refractivity contribution in [2.24, 2.45) is 0 Å². The Morgan fingerprint density at radius 3 is 1.73 bits per heavy atom. The van der Waals surface area contributed by atoms with E-state index in [2.05, 4.69) is 4.85 Å². The first-order chi connectivity index (χ1) is 11.5. The van der Waals surface area contributed by atoms with Gasteiger partial charge in [0.05, 0.1) is 16.7 Å². The van der Waals surface area contributed by atoms with Crippen LogP contribution in [0.2, 0.25) is 0 Å². The van der Waals surface area contributed by atoms with Gasteiger partial charge in [0.15, 0.2) is 15.5 Å². The van der Waals surface area contributed by atoms with Gasteiger partial charge in [-0.3, -0.25) is 9.59 Å². The van der Waals surface area contributed by atoms with Crippen LogP contribution in [0.15, 0.2) is 29.2 Å². The molecule has 5 nitrogen and oxygen atoms in total. The summed E-state index contributed by atoms with van der Waals surface area (Å²) in [6.07, 6.45) is -11.5. The average Bonchev–Trinajstić information content (AvgIpc) is 2.52. The maximum absolute atomic E-state index is 11.7. The summed E-state index contributed by atoms with van der Waals surface area (Å²) < 4.78 is 90.4. The molecule has 0 heterocycles. The monoisotopic (exact) mass is 403 g/mol. The SMILES string of the molecule is O=C(C(=O)C(F)(F)F)C(F)(F)F.[C-]#[N+]c1cccc(S(=O)(=O)C(C)C)c1. The minimum absolute atomic E-state index is 0.223. The highest BCUT2D eigenvalue weighted by atomic mass is 32.2. The second-order valence-electron chi connectivity index (χ2n) is 4.86. The van der Waals surface area contributed by atoms with Crippen molar-refractivity contribution in [2.45, 2.75) is 36.3 Å². The Kier molecular flexibility index (Phi) is 7.53. The Hall–Kier alpha value is -2.42. The molecular formula is C14H11F6NO4S. The third kappa shape index (κ3) is 6.47. The summed E-state index contributed by atoms with van der Waals surface area (Å²) in [6, 6.07) is 6.10. The summed E-state index contributed by atoms with van der Waals surface area (Å²) in [7, 11) is -3.25. The molecule has 0 bridgehead atoms. The lowest BCUT2D eigenvalue weighted by Crippen LogP contribution is -2.39. The van der Waals surface area contributed by atoms with E-state index in [1.807, 2.05) is 0 Å². The molecular weight excluding hydrogens is 392 g/mol. The number of alkyl halides is 6. The number of nitrogens with zero attached hydrogens (tertiary/aromatic N) is 1. The molecule has 0 aliphatic heterocycles. The quantitative estimate of drug-likeness (QED) is 0.439. The number of sulfone groups is 1. The minimum atomic E-state index is -5.77. The molecule has 26 heavy (non-hydrogen) atoms. The van der Waals surface area contributed by atoms with Crippen LogP contribution in [-0.2, 0) is 19.4 Å². The molecule has 0 aliphatic rings. The van der Waals surface area contributed by atoms with E-state index in [1.165, 1.54) is 12.1 Å². The number of Topliss-reactive ketones (excluding diaryl/α,β-unsaturated/α-hetero) is 2. The zero-order chi connectivity index (χ0) is 20.9. The fourth-order valence-corrected chi connectivity index (χ4v) is 2.36. The van der Waals surface area contributed by atoms with E-state index >= 15 is 0 Å². The third-order valence-corrected chi connectivity index (χ3v) is 4.77. The summed E-state index contributed by atoms with van der Waals surface area (Å²) in [5, 5.41) is -0.455. The van der Waals surface area contributed by atoms with Gasteiger partial charge in [-0.25, -0.2) is 13.3 Å². The second-order valence-corrected chi connectivity index (χ2v) is 7.36. The van der Waals surface area contributed by atoms with Gasteiger partial charge in [-0.1, -0.05) is 12.1 Å². The number of benzene rings is 1. The van der Waals surface area contributed by atoms with E-state index in [-0.39, 0.29) is 4.90 Å². The number of carbonyl (C=O) groups is 2. The molecule has 0 amide bonds. The normalized spacial score (nSPS) is 12.0. The highest BCUT2D eigenvalue weighted by Gasteiger charge is 2.54. The number of hydrogen-bond acceptors (Lipinski definition) is 4. The molecule has 0 spiro atoms. The molecule has 1 aromatic carbocycles. The minimum Gasteiger partial charge on any atom is -0.280 e. The number of rotatable bonds is 3. The Morgan fingerprint density at radius 2 is 1.42 bits per heavy atom. The van der Waals surface area contributed by atoms with E-state index in [0.717, 1.165) is 0 Å². The first kappa shape index (κ1) is 23.6. The molecule has 0 saturated heterocycles. The van der Waals surface area contributed by atoms with E-state index in [4.69, 9.17) is 6.57 Å². The van der Waals surface area contributed by atoms with Crippen LogP contribution < -0.4 is 0 Å². The number of halogens is 6. The van der Waals surface area contributed by atoms with Crippen molar-refractivity contribution in [3.8, 4) is 0 Å². The maximum Gasteiger partial charge on any atom is 0.458 e. The van der Waals surface area contributed by atoms with Crippen molar-refractivity contribution in [2.75, 3.05) is 0 Å². The summed E-state index contributed by atoms with van der Waals surface area (Å²) in [4.78, 5) is 22.6. The van der Waals surface area contributed by atoms with Gasteiger partial charge in [0.1, 0.15) is 0 Å². The van der Waals surface area contributed by atoms with E-state index in [1.54, 1.807) is 26.0 Å². The third-order valence-electron chi connectivity index (χ3n) is 2.62. The Morgan fingerprint density at radius 1 is 1.00 bits per heavy atom. The lowest BCUT2D eigenvalue weighted by Gasteiger charge is -2.07. The predicted octanol–water partition coefficient (Wildman–Crippen LogP) is 3.67. The molecule has 1 rings (SSSR count). The van der Waals surface area contributed by atoms with Crippen LogP contribution in [0.25, 0.3) is 4.85 Å². The topological polar surface area (TPSA) is 72.6 Å². The van der Waals surface area contributed by atoms with Crippen molar-refractivity contribution < 1.29 is 44.3 Å². The Bertz CT molecular complexity index is 795. The van der Waals surface area contributed by atoms with Crippen LogP contribution in [0.4, 0.5) is 32.0 Å². The molecule has 0 N–H and O–H groups in total. The standard InChI is InChI=1S/C10H11NO2S.C4F6O2/c1-8(2)14(12,13)10-6-4-5-9(7-10)11-3;5-3(6,7)1(11)2(12)4(8,9)10/h4-8H,1-2H3;. The highest BCUT2D eigenvalue weighted by Crippen LogP contribution is 2.24. The second kappa shape index (κ2) is 8.31. The van der Waals surface area contributed by atoms with Crippen LogP contribution in [0.1, 0.15) is 13.8 Å². The number of carbonyl (C=O) groups excluding carboxylic acids is 2. The Balaban J connectivity index is 0.000000488. The van der Waals surface area contributed by atoms with E-state index in [9.17, 15) is 44.3 Å². The zero-order valence-electron chi connectivity index (χ0n) is 13.1. The first-order valence-electron chi connectivity index (χ1n) is 6.49. The van der Waals surface area contributed by atoms with Gasteiger partial charge >= 0.3 is 23.9 Å². The van der Waals surface area contributed by atoms with Crippen LogP contribution in [-0.4, -0.2) is 37.6 Å². The molecule has 0 radical (unpaired) electrons. The largest absolute Gasteiger partial charge is 0.458 e. The molecule has 0 fully saturated rings. The molecule has 0 saturated carbocycles. The van der Waals surface area contributed by atoms with Crippen molar-refractivity contribution in [3.63, 3.8) is 0 Å². The zero-order valence-corrected chi connectivity index (χ0v) is 14.0. The fourth-order valence-electron chi connectivity index (χ4n) is 1.26. The van der Waals surface area contributed by atoms with Gasteiger partial charge < -0.3 is 0 Å². The molecule has 12 heteroatoms. The lowest BCUT2D eigenvalue weighted by atomic mass is 10.2. The maximum atomic E-state index is 11.7. The van der Waals surface area contributed by atoms with E-state index < -0.39 is 39.0 Å². The van der Waals surface area contributed by atoms with Gasteiger partial charge in [0.25, 0.3) is 0 Å². The van der Waals surface area contributed by atoms with Crippen LogP contribution in [0, 0.1) is 6.57 Å². The molecule has 144 valence electrons. The van der Waals surface area contributed by atoms with Crippen LogP contribution >= 0.6 is 0 Å².